The zero-order valence-corrected chi connectivity index (χ0v) is 10.0. The average molecular weight is 234 g/mol. The second-order valence-electron chi connectivity index (χ2n) is 4.71. The van der Waals surface area contributed by atoms with Crippen LogP contribution >= 0.6 is 0 Å². The van der Waals surface area contributed by atoms with Gasteiger partial charge in [-0.2, -0.15) is 0 Å². The summed E-state index contributed by atoms with van der Waals surface area (Å²) >= 11 is 0. The maximum Gasteiger partial charge on any atom is 0.258 e. The van der Waals surface area contributed by atoms with Crippen molar-refractivity contribution < 1.29 is 9.53 Å². The van der Waals surface area contributed by atoms with E-state index < -0.39 is 0 Å². The highest BCUT2D eigenvalue weighted by atomic mass is 16.5. The largest absolute Gasteiger partial charge is 0.483 e. The van der Waals surface area contributed by atoms with E-state index in [1.54, 1.807) is 0 Å². The second-order valence-corrected chi connectivity index (χ2v) is 4.71. The van der Waals surface area contributed by atoms with Gasteiger partial charge < -0.3 is 15.8 Å². The van der Waals surface area contributed by atoms with Crippen LogP contribution in [0.3, 0.4) is 0 Å². The highest BCUT2D eigenvalue weighted by Crippen LogP contribution is 2.34. The van der Waals surface area contributed by atoms with Gasteiger partial charge in [0.2, 0.25) is 0 Å². The van der Waals surface area contributed by atoms with Gasteiger partial charge in [0.1, 0.15) is 5.75 Å². The molecule has 92 valence electrons. The summed E-state index contributed by atoms with van der Waals surface area (Å²) in [4.78, 5) is 11.6. The maximum absolute atomic E-state index is 11.6. The molecule has 4 nitrogen and oxygen atoms in total. The number of benzene rings is 1. The Bertz CT molecular complexity index is 414. The van der Waals surface area contributed by atoms with Gasteiger partial charge in [0.15, 0.2) is 6.61 Å². The van der Waals surface area contributed by atoms with E-state index in [1.807, 2.05) is 31.2 Å². The molecule has 0 aromatic heterocycles. The quantitative estimate of drug-likeness (QED) is 0.804. The average Bonchev–Trinajstić information content (AvgIpc) is 3.04. The van der Waals surface area contributed by atoms with Crippen molar-refractivity contribution in [3.63, 3.8) is 0 Å². The number of hydrogen-bond donors (Lipinski definition) is 2. The minimum Gasteiger partial charge on any atom is -0.483 e. The van der Waals surface area contributed by atoms with Crippen molar-refractivity contribution in [3.05, 3.63) is 29.8 Å². The molecular formula is C13H18N2O2. The van der Waals surface area contributed by atoms with E-state index in [0.29, 0.717) is 12.3 Å². The molecule has 1 aromatic carbocycles. The monoisotopic (exact) mass is 234 g/mol. The molecule has 0 heterocycles. The van der Waals surface area contributed by atoms with Gasteiger partial charge in [-0.3, -0.25) is 4.79 Å². The standard InChI is InChI=1S/C13H18N2O2/c1-13(6-7-13)15-12(16)9-17-11-5-3-2-4-10(11)8-14/h2-5H,6-9,14H2,1H3,(H,15,16). The van der Waals surface area contributed by atoms with Crippen LogP contribution in [0.5, 0.6) is 5.75 Å². The van der Waals surface area contributed by atoms with E-state index in [1.165, 1.54) is 0 Å². The van der Waals surface area contributed by atoms with Gasteiger partial charge >= 0.3 is 0 Å². The third kappa shape index (κ3) is 3.20. The first-order valence-electron chi connectivity index (χ1n) is 5.85. The molecule has 0 unspecified atom stereocenters. The van der Waals surface area contributed by atoms with Crippen LogP contribution < -0.4 is 15.8 Å². The van der Waals surface area contributed by atoms with E-state index >= 15 is 0 Å². The summed E-state index contributed by atoms with van der Waals surface area (Å²) in [7, 11) is 0. The van der Waals surface area contributed by atoms with Gasteiger partial charge in [-0.1, -0.05) is 18.2 Å². The smallest absolute Gasteiger partial charge is 0.258 e. The Hall–Kier alpha value is -1.55. The molecule has 2 rings (SSSR count). The predicted molar refractivity (Wildman–Crippen MR) is 65.6 cm³/mol. The first kappa shape index (κ1) is 11.9. The zero-order chi connectivity index (χ0) is 12.3. The lowest BCUT2D eigenvalue weighted by Crippen LogP contribution is -2.37. The SMILES string of the molecule is CC1(NC(=O)COc2ccccc2CN)CC1. The summed E-state index contributed by atoms with van der Waals surface area (Å²) in [6.07, 6.45) is 2.11. The first-order valence-corrected chi connectivity index (χ1v) is 5.85. The number of carbonyl (C=O) groups excluding carboxylic acids is 1. The molecule has 0 aliphatic heterocycles. The zero-order valence-electron chi connectivity index (χ0n) is 10.0. The van der Waals surface area contributed by atoms with Crippen LogP contribution in [-0.2, 0) is 11.3 Å². The molecule has 1 saturated carbocycles. The van der Waals surface area contributed by atoms with Gasteiger partial charge in [-0.15, -0.1) is 0 Å². The minimum atomic E-state index is -0.0724. The molecule has 17 heavy (non-hydrogen) atoms. The number of nitrogens with one attached hydrogen (secondary N) is 1. The van der Waals surface area contributed by atoms with Crippen molar-refractivity contribution in [2.45, 2.75) is 31.8 Å². The number of para-hydroxylation sites is 1. The second kappa shape index (κ2) is 4.75. The Morgan fingerprint density at radius 2 is 2.18 bits per heavy atom. The molecule has 1 aliphatic rings. The number of amides is 1. The van der Waals surface area contributed by atoms with Crippen molar-refractivity contribution in [2.75, 3.05) is 6.61 Å². The van der Waals surface area contributed by atoms with Crippen LogP contribution in [0.2, 0.25) is 0 Å². The highest BCUT2D eigenvalue weighted by molar-refractivity contribution is 5.78. The third-order valence-corrected chi connectivity index (χ3v) is 2.99. The van der Waals surface area contributed by atoms with Crippen LogP contribution in [-0.4, -0.2) is 18.1 Å². The van der Waals surface area contributed by atoms with Crippen LogP contribution in [0.1, 0.15) is 25.3 Å². The van der Waals surface area contributed by atoms with E-state index in [4.69, 9.17) is 10.5 Å². The van der Waals surface area contributed by atoms with Crippen molar-refractivity contribution in [3.8, 4) is 5.75 Å². The molecular weight excluding hydrogens is 216 g/mol. The van der Waals surface area contributed by atoms with Gasteiger partial charge in [0, 0.05) is 17.6 Å². The number of carbonyl (C=O) groups is 1. The minimum absolute atomic E-state index is 0.00777. The Labute approximate surface area is 101 Å². The van der Waals surface area contributed by atoms with Crippen LogP contribution in [0.15, 0.2) is 24.3 Å². The molecule has 1 aliphatic carbocycles. The molecule has 0 spiro atoms. The fraction of sp³-hybridized carbons (Fsp3) is 0.462. The highest BCUT2D eigenvalue weighted by Gasteiger charge is 2.38. The Balaban J connectivity index is 1.86. The van der Waals surface area contributed by atoms with E-state index in [0.717, 1.165) is 18.4 Å². The van der Waals surface area contributed by atoms with E-state index in [-0.39, 0.29) is 18.1 Å². The molecule has 0 bridgehead atoms. The molecule has 4 heteroatoms. The normalized spacial score (nSPS) is 16.4. The summed E-state index contributed by atoms with van der Waals surface area (Å²) in [5.74, 6) is 0.614. The number of ether oxygens (including phenoxy) is 1. The van der Waals surface area contributed by atoms with Crippen molar-refractivity contribution in [1.29, 1.82) is 0 Å². The molecule has 1 fully saturated rings. The van der Waals surface area contributed by atoms with Crippen LogP contribution in [0, 0.1) is 0 Å². The molecule has 0 radical (unpaired) electrons. The summed E-state index contributed by atoms with van der Waals surface area (Å²) in [6.45, 7) is 2.50. The molecule has 3 N–H and O–H groups in total. The van der Waals surface area contributed by atoms with Crippen LogP contribution in [0.25, 0.3) is 0 Å². The molecule has 0 saturated heterocycles. The fourth-order valence-corrected chi connectivity index (χ4v) is 1.64. The van der Waals surface area contributed by atoms with Gasteiger partial charge in [-0.25, -0.2) is 0 Å². The third-order valence-electron chi connectivity index (χ3n) is 2.99. The number of nitrogens with two attached hydrogens (primary N) is 1. The lowest BCUT2D eigenvalue weighted by molar-refractivity contribution is -0.123. The predicted octanol–water partition coefficient (Wildman–Crippen LogP) is 1.19. The van der Waals surface area contributed by atoms with Crippen molar-refractivity contribution >= 4 is 5.91 Å². The summed E-state index contributed by atoms with van der Waals surface area (Å²) in [5.41, 5.74) is 6.51. The molecule has 1 amide bonds. The topological polar surface area (TPSA) is 64.3 Å². The Morgan fingerprint density at radius 3 is 2.82 bits per heavy atom. The summed E-state index contributed by atoms with van der Waals surface area (Å²) in [5, 5.41) is 2.94. The molecule has 1 aromatic rings. The lowest BCUT2D eigenvalue weighted by atomic mass is 10.2. The van der Waals surface area contributed by atoms with E-state index in [9.17, 15) is 4.79 Å². The van der Waals surface area contributed by atoms with Crippen LogP contribution in [0.4, 0.5) is 0 Å². The van der Waals surface area contributed by atoms with Crippen molar-refractivity contribution in [1.82, 2.24) is 5.32 Å². The maximum atomic E-state index is 11.6. The fourth-order valence-electron chi connectivity index (χ4n) is 1.64. The van der Waals surface area contributed by atoms with Crippen molar-refractivity contribution in [2.24, 2.45) is 5.73 Å². The first-order chi connectivity index (χ1) is 8.13. The number of hydrogen-bond acceptors (Lipinski definition) is 3. The summed E-state index contributed by atoms with van der Waals surface area (Å²) in [6, 6.07) is 7.50. The molecule has 0 atom stereocenters. The lowest BCUT2D eigenvalue weighted by Gasteiger charge is -2.13. The van der Waals surface area contributed by atoms with Gasteiger partial charge in [-0.05, 0) is 25.8 Å². The summed E-state index contributed by atoms with van der Waals surface area (Å²) < 4.78 is 5.47. The van der Waals surface area contributed by atoms with Gasteiger partial charge in [0.25, 0.3) is 5.91 Å². The van der Waals surface area contributed by atoms with E-state index in [2.05, 4.69) is 5.32 Å². The number of rotatable bonds is 5. The Kier molecular flexibility index (Phi) is 3.33. The Morgan fingerprint density at radius 1 is 1.47 bits per heavy atom. The van der Waals surface area contributed by atoms with Gasteiger partial charge in [0.05, 0.1) is 0 Å².